The maximum Gasteiger partial charge on any atom is 0.134 e. The predicted octanol–water partition coefficient (Wildman–Crippen LogP) is 1.76. The van der Waals surface area contributed by atoms with Crippen molar-refractivity contribution >= 4 is 11.8 Å². The maximum atomic E-state index is 5.64. The number of thioether (sulfide) groups is 1. The summed E-state index contributed by atoms with van der Waals surface area (Å²) in [5.41, 5.74) is 5.55. The Morgan fingerprint density at radius 1 is 1.33 bits per heavy atom. The second-order valence-electron chi connectivity index (χ2n) is 3.11. The SMILES string of the molecule is COCC(CN)Oc1ccc(SC)cc1. The van der Waals surface area contributed by atoms with Gasteiger partial charge in [-0.3, -0.25) is 0 Å². The van der Waals surface area contributed by atoms with Crippen LogP contribution in [-0.4, -0.2) is 32.6 Å². The molecule has 0 amide bonds. The van der Waals surface area contributed by atoms with Crippen molar-refractivity contribution < 1.29 is 9.47 Å². The molecule has 0 aliphatic heterocycles. The van der Waals surface area contributed by atoms with Crippen LogP contribution in [0.4, 0.5) is 0 Å². The van der Waals surface area contributed by atoms with Crippen molar-refractivity contribution in [3.63, 3.8) is 0 Å². The third-order valence-electron chi connectivity index (χ3n) is 1.98. The molecule has 4 heteroatoms. The van der Waals surface area contributed by atoms with Crippen molar-refractivity contribution in [3.8, 4) is 5.75 Å². The fourth-order valence-corrected chi connectivity index (χ4v) is 1.59. The van der Waals surface area contributed by atoms with E-state index in [-0.39, 0.29) is 6.10 Å². The van der Waals surface area contributed by atoms with Gasteiger partial charge >= 0.3 is 0 Å². The van der Waals surface area contributed by atoms with Gasteiger partial charge in [0.25, 0.3) is 0 Å². The van der Waals surface area contributed by atoms with E-state index in [0.717, 1.165) is 5.75 Å². The van der Waals surface area contributed by atoms with Crippen molar-refractivity contribution in [2.24, 2.45) is 5.73 Å². The quantitative estimate of drug-likeness (QED) is 0.752. The molecular weight excluding hydrogens is 210 g/mol. The summed E-state index contributed by atoms with van der Waals surface area (Å²) in [5.74, 6) is 0.834. The summed E-state index contributed by atoms with van der Waals surface area (Å²) >= 11 is 1.71. The summed E-state index contributed by atoms with van der Waals surface area (Å²) in [5, 5.41) is 0. The summed E-state index contributed by atoms with van der Waals surface area (Å²) in [7, 11) is 1.64. The van der Waals surface area contributed by atoms with Gasteiger partial charge in [-0.2, -0.15) is 0 Å². The highest BCUT2D eigenvalue weighted by Gasteiger charge is 2.07. The monoisotopic (exact) mass is 227 g/mol. The molecule has 1 rings (SSSR count). The minimum Gasteiger partial charge on any atom is -0.487 e. The fourth-order valence-electron chi connectivity index (χ4n) is 1.18. The first kappa shape index (κ1) is 12.4. The van der Waals surface area contributed by atoms with Gasteiger partial charge in [0.05, 0.1) is 6.61 Å². The normalized spacial score (nSPS) is 12.5. The lowest BCUT2D eigenvalue weighted by atomic mass is 10.3. The van der Waals surface area contributed by atoms with E-state index in [1.54, 1.807) is 18.9 Å². The van der Waals surface area contributed by atoms with Crippen LogP contribution in [0.15, 0.2) is 29.2 Å². The molecule has 1 aromatic rings. The predicted molar refractivity (Wildman–Crippen MR) is 63.6 cm³/mol. The molecule has 0 aromatic heterocycles. The van der Waals surface area contributed by atoms with Crippen molar-refractivity contribution in [1.82, 2.24) is 0 Å². The molecule has 1 aromatic carbocycles. The molecule has 0 aliphatic carbocycles. The molecule has 0 heterocycles. The fraction of sp³-hybridized carbons (Fsp3) is 0.455. The number of hydrogen-bond donors (Lipinski definition) is 1. The van der Waals surface area contributed by atoms with E-state index in [2.05, 4.69) is 0 Å². The molecule has 0 fully saturated rings. The van der Waals surface area contributed by atoms with E-state index in [1.807, 2.05) is 30.5 Å². The Bertz CT molecular complexity index is 276. The number of ether oxygens (including phenoxy) is 2. The molecule has 0 saturated carbocycles. The van der Waals surface area contributed by atoms with Crippen molar-refractivity contribution in [1.29, 1.82) is 0 Å². The second kappa shape index (κ2) is 6.71. The van der Waals surface area contributed by atoms with Crippen LogP contribution >= 0.6 is 11.8 Å². The third-order valence-corrected chi connectivity index (χ3v) is 2.72. The molecule has 2 N–H and O–H groups in total. The zero-order valence-electron chi connectivity index (χ0n) is 9.10. The van der Waals surface area contributed by atoms with Crippen LogP contribution in [0.2, 0.25) is 0 Å². The Morgan fingerprint density at radius 2 is 2.00 bits per heavy atom. The van der Waals surface area contributed by atoms with Crippen molar-refractivity contribution in [3.05, 3.63) is 24.3 Å². The van der Waals surface area contributed by atoms with E-state index in [9.17, 15) is 0 Å². The summed E-state index contributed by atoms with van der Waals surface area (Å²) in [6.07, 6.45) is 1.97. The lowest BCUT2D eigenvalue weighted by Gasteiger charge is -2.16. The van der Waals surface area contributed by atoms with Gasteiger partial charge in [-0.05, 0) is 30.5 Å². The summed E-state index contributed by atoms with van der Waals surface area (Å²) in [4.78, 5) is 1.22. The molecule has 1 atom stereocenters. The maximum absolute atomic E-state index is 5.64. The molecule has 3 nitrogen and oxygen atoms in total. The molecule has 0 bridgehead atoms. The average molecular weight is 227 g/mol. The zero-order chi connectivity index (χ0) is 11.1. The Labute approximate surface area is 94.9 Å². The van der Waals surface area contributed by atoms with Crippen LogP contribution in [0, 0.1) is 0 Å². The van der Waals surface area contributed by atoms with E-state index in [1.165, 1.54) is 4.90 Å². The van der Waals surface area contributed by atoms with E-state index >= 15 is 0 Å². The lowest BCUT2D eigenvalue weighted by molar-refractivity contribution is 0.0860. The van der Waals surface area contributed by atoms with Crippen molar-refractivity contribution in [2.75, 3.05) is 26.5 Å². The molecule has 84 valence electrons. The zero-order valence-corrected chi connectivity index (χ0v) is 9.92. The summed E-state index contributed by atoms with van der Waals surface area (Å²) in [6, 6.07) is 7.95. The highest BCUT2D eigenvalue weighted by atomic mass is 32.2. The first-order valence-electron chi connectivity index (χ1n) is 4.80. The van der Waals surface area contributed by atoms with Crippen LogP contribution in [-0.2, 0) is 4.74 Å². The summed E-state index contributed by atoms with van der Waals surface area (Å²) < 4.78 is 10.6. The Kier molecular flexibility index (Phi) is 5.53. The van der Waals surface area contributed by atoms with Crippen LogP contribution in [0.3, 0.4) is 0 Å². The van der Waals surface area contributed by atoms with Gasteiger partial charge in [0.1, 0.15) is 11.9 Å². The van der Waals surface area contributed by atoms with Crippen LogP contribution in [0.1, 0.15) is 0 Å². The Morgan fingerprint density at radius 3 is 2.47 bits per heavy atom. The molecule has 0 spiro atoms. The number of methoxy groups -OCH3 is 1. The first-order valence-corrected chi connectivity index (χ1v) is 6.02. The largest absolute Gasteiger partial charge is 0.487 e. The standard InChI is InChI=1S/C11H17NO2S/c1-13-8-10(7-12)14-9-3-5-11(15-2)6-4-9/h3-6,10H,7-8,12H2,1-2H3. The highest BCUT2D eigenvalue weighted by molar-refractivity contribution is 7.98. The molecule has 1 unspecified atom stereocenters. The second-order valence-corrected chi connectivity index (χ2v) is 3.99. The molecule has 0 radical (unpaired) electrons. The number of rotatable bonds is 6. The molecule has 15 heavy (non-hydrogen) atoms. The average Bonchev–Trinajstić information content (AvgIpc) is 2.29. The number of benzene rings is 1. The number of hydrogen-bond acceptors (Lipinski definition) is 4. The van der Waals surface area contributed by atoms with Gasteiger partial charge in [-0.25, -0.2) is 0 Å². The molecule has 0 aliphatic rings. The third kappa shape index (κ3) is 4.11. The van der Waals surface area contributed by atoms with Gasteiger partial charge in [-0.1, -0.05) is 0 Å². The lowest BCUT2D eigenvalue weighted by Crippen LogP contribution is -2.31. The van der Waals surface area contributed by atoms with E-state index in [4.69, 9.17) is 15.2 Å². The first-order chi connectivity index (χ1) is 7.30. The van der Waals surface area contributed by atoms with Crippen LogP contribution in [0.25, 0.3) is 0 Å². The molecular formula is C11H17NO2S. The topological polar surface area (TPSA) is 44.5 Å². The van der Waals surface area contributed by atoms with E-state index < -0.39 is 0 Å². The number of nitrogens with two attached hydrogens (primary N) is 1. The minimum absolute atomic E-state index is 0.0740. The van der Waals surface area contributed by atoms with Gasteiger partial charge in [-0.15, -0.1) is 11.8 Å². The summed E-state index contributed by atoms with van der Waals surface area (Å²) in [6.45, 7) is 0.971. The van der Waals surface area contributed by atoms with E-state index in [0.29, 0.717) is 13.2 Å². The smallest absolute Gasteiger partial charge is 0.134 e. The van der Waals surface area contributed by atoms with Crippen molar-refractivity contribution in [2.45, 2.75) is 11.0 Å². The van der Waals surface area contributed by atoms with Crippen LogP contribution < -0.4 is 10.5 Å². The van der Waals surface area contributed by atoms with Gasteiger partial charge in [0, 0.05) is 18.6 Å². The highest BCUT2D eigenvalue weighted by Crippen LogP contribution is 2.19. The van der Waals surface area contributed by atoms with Gasteiger partial charge in [0.15, 0.2) is 0 Å². The Hall–Kier alpha value is -0.710. The van der Waals surface area contributed by atoms with Gasteiger partial charge in [0.2, 0.25) is 0 Å². The molecule has 0 saturated heterocycles. The Balaban J connectivity index is 2.55. The van der Waals surface area contributed by atoms with Crippen LogP contribution in [0.5, 0.6) is 5.75 Å². The minimum atomic E-state index is -0.0740. The van der Waals surface area contributed by atoms with Gasteiger partial charge < -0.3 is 15.2 Å².